The largest absolute Gasteiger partial charge is 0.456 e. The van der Waals surface area contributed by atoms with E-state index >= 15 is 0 Å². The first-order valence-electron chi connectivity index (χ1n) is 8.84. The van der Waals surface area contributed by atoms with Gasteiger partial charge in [0.05, 0.1) is 5.56 Å². The molecule has 130 valence electrons. The molecular weight excluding hydrogens is 332 g/mol. The molecule has 2 nitrogen and oxygen atoms in total. The van der Waals surface area contributed by atoms with Crippen molar-refractivity contribution in [1.29, 1.82) is 0 Å². The van der Waals surface area contributed by atoms with Crippen LogP contribution in [0.15, 0.2) is 109 Å². The number of carbonyl (C=O) groups is 1. The maximum Gasteiger partial charge on any atom is 0.196 e. The Balaban J connectivity index is 1.87. The van der Waals surface area contributed by atoms with Crippen molar-refractivity contribution in [3.8, 4) is 22.6 Å². The Labute approximate surface area is 158 Å². The summed E-state index contributed by atoms with van der Waals surface area (Å²) >= 11 is 0. The maximum atomic E-state index is 13.2. The molecule has 4 aromatic carbocycles. The number of rotatable bonds is 5. The Morgan fingerprint density at radius 2 is 1.19 bits per heavy atom. The standard InChI is InChI=1S/C25H18O2/c26-24(20-13-6-2-7-14-20)23-18-10-17-22(19-11-4-1-5-12-19)25(23)27-21-15-8-3-9-16-21/h1-18H. The zero-order valence-electron chi connectivity index (χ0n) is 14.7. The van der Waals surface area contributed by atoms with Gasteiger partial charge in [-0.25, -0.2) is 0 Å². The molecule has 0 bridgehead atoms. The molecule has 0 N–H and O–H groups in total. The molecule has 0 aliphatic rings. The van der Waals surface area contributed by atoms with E-state index in [-0.39, 0.29) is 5.78 Å². The first-order chi connectivity index (χ1) is 13.3. The van der Waals surface area contributed by atoms with E-state index in [2.05, 4.69) is 0 Å². The lowest BCUT2D eigenvalue weighted by Gasteiger charge is -2.15. The van der Waals surface area contributed by atoms with Crippen molar-refractivity contribution in [3.63, 3.8) is 0 Å². The Kier molecular flexibility index (Phi) is 4.80. The maximum absolute atomic E-state index is 13.2. The zero-order chi connectivity index (χ0) is 18.5. The van der Waals surface area contributed by atoms with E-state index < -0.39 is 0 Å². The van der Waals surface area contributed by atoms with E-state index in [1.807, 2.05) is 109 Å². The summed E-state index contributed by atoms with van der Waals surface area (Å²) in [4.78, 5) is 13.2. The molecule has 0 atom stereocenters. The summed E-state index contributed by atoms with van der Waals surface area (Å²) in [7, 11) is 0. The first-order valence-corrected chi connectivity index (χ1v) is 8.84. The summed E-state index contributed by atoms with van der Waals surface area (Å²) in [5.74, 6) is 1.21. The molecule has 0 heterocycles. The van der Waals surface area contributed by atoms with Crippen LogP contribution in [0.25, 0.3) is 11.1 Å². The van der Waals surface area contributed by atoms with Crippen LogP contribution < -0.4 is 4.74 Å². The van der Waals surface area contributed by atoms with Crippen LogP contribution in [-0.4, -0.2) is 5.78 Å². The van der Waals surface area contributed by atoms with Gasteiger partial charge < -0.3 is 4.74 Å². The number of ketones is 1. The molecule has 4 aromatic rings. The third-order valence-corrected chi connectivity index (χ3v) is 4.34. The highest BCUT2D eigenvalue weighted by Gasteiger charge is 2.19. The summed E-state index contributed by atoms with van der Waals surface area (Å²) < 4.78 is 6.22. The fraction of sp³-hybridized carbons (Fsp3) is 0. The molecule has 0 aliphatic heterocycles. The minimum atomic E-state index is -0.0562. The second-order valence-corrected chi connectivity index (χ2v) is 6.16. The van der Waals surface area contributed by atoms with E-state index in [0.717, 1.165) is 11.1 Å². The van der Waals surface area contributed by atoms with Crippen LogP contribution in [0, 0.1) is 0 Å². The van der Waals surface area contributed by atoms with Crippen molar-refractivity contribution in [3.05, 3.63) is 120 Å². The van der Waals surface area contributed by atoms with Gasteiger partial charge in [-0.3, -0.25) is 4.79 Å². The lowest BCUT2D eigenvalue weighted by molar-refractivity contribution is 0.103. The van der Waals surface area contributed by atoms with Crippen molar-refractivity contribution in [2.75, 3.05) is 0 Å². The molecule has 27 heavy (non-hydrogen) atoms. The van der Waals surface area contributed by atoms with Gasteiger partial charge in [0.2, 0.25) is 0 Å². The molecule has 0 saturated heterocycles. The number of carbonyl (C=O) groups excluding carboxylic acids is 1. The van der Waals surface area contributed by atoms with Crippen LogP contribution in [0.2, 0.25) is 0 Å². The molecule has 2 heteroatoms. The average Bonchev–Trinajstić information content (AvgIpc) is 2.75. The van der Waals surface area contributed by atoms with Crippen molar-refractivity contribution >= 4 is 5.78 Å². The Bertz CT molecular complexity index is 1040. The van der Waals surface area contributed by atoms with Gasteiger partial charge in [-0.15, -0.1) is 0 Å². The smallest absolute Gasteiger partial charge is 0.196 e. The topological polar surface area (TPSA) is 26.3 Å². The van der Waals surface area contributed by atoms with Crippen molar-refractivity contribution in [2.45, 2.75) is 0 Å². The van der Waals surface area contributed by atoms with Crippen molar-refractivity contribution in [1.82, 2.24) is 0 Å². The summed E-state index contributed by atoms with van der Waals surface area (Å²) in [5, 5.41) is 0. The predicted molar refractivity (Wildman–Crippen MR) is 108 cm³/mol. The molecular formula is C25H18O2. The minimum absolute atomic E-state index is 0.0562. The van der Waals surface area contributed by atoms with Gasteiger partial charge in [-0.05, 0) is 23.8 Å². The number of hydrogen-bond donors (Lipinski definition) is 0. The van der Waals surface area contributed by atoms with Gasteiger partial charge in [0.15, 0.2) is 5.78 Å². The van der Waals surface area contributed by atoms with E-state index in [1.165, 1.54) is 0 Å². The highest BCUT2D eigenvalue weighted by atomic mass is 16.5. The van der Waals surface area contributed by atoms with Crippen molar-refractivity contribution in [2.24, 2.45) is 0 Å². The van der Waals surface area contributed by atoms with Crippen LogP contribution in [-0.2, 0) is 0 Å². The van der Waals surface area contributed by atoms with Gasteiger partial charge in [0, 0.05) is 11.1 Å². The molecule has 4 rings (SSSR count). The third-order valence-electron chi connectivity index (χ3n) is 4.34. The summed E-state index contributed by atoms with van der Waals surface area (Å²) in [6.07, 6.45) is 0. The molecule has 0 radical (unpaired) electrons. The molecule has 0 fully saturated rings. The molecule has 0 spiro atoms. The van der Waals surface area contributed by atoms with E-state index in [4.69, 9.17) is 4.74 Å². The fourth-order valence-corrected chi connectivity index (χ4v) is 3.02. The zero-order valence-corrected chi connectivity index (χ0v) is 14.7. The van der Waals surface area contributed by atoms with Crippen LogP contribution in [0.3, 0.4) is 0 Å². The quantitative estimate of drug-likeness (QED) is 0.391. The fourth-order valence-electron chi connectivity index (χ4n) is 3.02. The molecule has 0 aliphatic carbocycles. The second-order valence-electron chi connectivity index (χ2n) is 6.16. The van der Waals surface area contributed by atoms with E-state index in [1.54, 1.807) is 0 Å². The summed E-state index contributed by atoms with van der Waals surface area (Å²) in [5.41, 5.74) is 3.08. The molecule has 0 aromatic heterocycles. The Morgan fingerprint density at radius 3 is 1.85 bits per heavy atom. The number of ether oxygens (including phenoxy) is 1. The highest BCUT2D eigenvalue weighted by Crippen LogP contribution is 2.37. The van der Waals surface area contributed by atoms with Gasteiger partial charge in [0.1, 0.15) is 11.5 Å². The lowest BCUT2D eigenvalue weighted by atomic mass is 9.96. The Hall–Kier alpha value is -3.65. The minimum Gasteiger partial charge on any atom is -0.456 e. The monoisotopic (exact) mass is 350 g/mol. The molecule has 0 unspecified atom stereocenters. The van der Waals surface area contributed by atoms with Gasteiger partial charge in [-0.1, -0.05) is 91.0 Å². The van der Waals surface area contributed by atoms with Crippen LogP contribution >= 0.6 is 0 Å². The summed E-state index contributed by atoms with van der Waals surface area (Å²) in [6, 6.07) is 34.5. The van der Waals surface area contributed by atoms with Gasteiger partial charge in [-0.2, -0.15) is 0 Å². The number of hydrogen-bond acceptors (Lipinski definition) is 2. The number of benzene rings is 4. The predicted octanol–water partition coefficient (Wildman–Crippen LogP) is 6.38. The lowest BCUT2D eigenvalue weighted by Crippen LogP contribution is -2.04. The summed E-state index contributed by atoms with van der Waals surface area (Å²) in [6.45, 7) is 0. The average molecular weight is 350 g/mol. The first kappa shape index (κ1) is 16.8. The normalized spacial score (nSPS) is 10.4. The van der Waals surface area contributed by atoms with Gasteiger partial charge >= 0.3 is 0 Å². The van der Waals surface area contributed by atoms with E-state index in [0.29, 0.717) is 22.6 Å². The number of para-hydroxylation sites is 2. The van der Waals surface area contributed by atoms with Crippen LogP contribution in [0.4, 0.5) is 0 Å². The highest BCUT2D eigenvalue weighted by molar-refractivity contribution is 6.11. The SMILES string of the molecule is O=C(c1ccccc1)c1cccc(-c2ccccc2)c1Oc1ccccc1. The van der Waals surface area contributed by atoms with Crippen molar-refractivity contribution < 1.29 is 9.53 Å². The molecule has 0 saturated carbocycles. The third kappa shape index (κ3) is 3.65. The molecule has 0 amide bonds. The second kappa shape index (κ2) is 7.71. The van der Waals surface area contributed by atoms with E-state index in [9.17, 15) is 4.79 Å². The van der Waals surface area contributed by atoms with Gasteiger partial charge in [0.25, 0.3) is 0 Å². The Morgan fingerprint density at radius 1 is 0.593 bits per heavy atom. The van der Waals surface area contributed by atoms with Crippen LogP contribution in [0.1, 0.15) is 15.9 Å². The van der Waals surface area contributed by atoms with Crippen LogP contribution in [0.5, 0.6) is 11.5 Å².